The number of hydrogen-bond donors (Lipinski definition) is 1. The molecule has 3 heteroatoms. The van der Waals surface area contributed by atoms with E-state index in [-0.39, 0.29) is 0 Å². The third-order valence-electron chi connectivity index (χ3n) is 3.46. The summed E-state index contributed by atoms with van der Waals surface area (Å²) >= 11 is 6.19. The Morgan fingerprint density at radius 3 is 2.60 bits per heavy atom. The molecule has 0 saturated heterocycles. The van der Waals surface area contributed by atoms with Crippen molar-refractivity contribution in [2.24, 2.45) is 0 Å². The van der Waals surface area contributed by atoms with Gasteiger partial charge in [-0.1, -0.05) is 29.8 Å². The van der Waals surface area contributed by atoms with Crippen molar-refractivity contribution in [3.63, 3.8) is 0 Å². The van der Waals surface area contributed by atoms with Crippen LogP contribution in [0.15, 0.2) is 47.1 Å². The second kappa shape index (κ2) is 7.51. The number of benzene rings is 1. The van der Waals surface area contributed by atoms with E-state index in [1.807, 2.05) is 30.3 Å². The molecule has 2 atom stereocenters. The number of halogens is 1. The van der Waals surface area contributed by atoms with Crippen molar-refractivity contribution < 1.29 is 4.42 Å². The van der Waals surface area contributed by atoms with Crippen molar-refractivity contribution in [1.29, 1.82) is 0 Å². The van der Waals surface area contributed by atoms with Gasteiger partial charge in [0, 0.05) is 23.5 Å². The second-order valence-corrected chi connectivity index (χ2v) is 5.79. The first-order valence-corrected chi connectivity index (χ1v) is 7.55. The van der Waals surface area contributed by atoms with Gasteiger partial charge in [0.2, 0.25) is 0 Å². The molecule has 1 N–H and O–H groups in total. The van der Waals surface area contributed by atoms with Crippen LogP contribution in [-0.4, -0.2) is 12.1 Å². The Morgan fingerprint density at radius 1 is 1.10 bits per heavy atom. The molecule has 1 aromatic carbocycles. The summed E-state index contributed by atoms with van der Waals surface area (Å²) in [5.74, 6) is 1.05. The minimum absolute atomic E-state index is 0.404. The molecule has 0 spiro atoms. The van der Waals surface area contributed by atoms with E-state index < -0.39 is 0 Å². The van der Waals surface area contributed by atoms with E-state index in [1.54, 1.807) is 6.26 Å². The van der Waals surface area contributed by atoms with E-state index in [4.69, 9.17) is 16.0 Å². The first kappa shape index (κ1) is 15.1. The minimum Gasteiger partial charge on any atom is -0.469 e. The third kappa shape index (κ3) is 4.69. The summed E-state index contributed by atoms with van der Waals surface area (Å²) < 4.78 is 5.36. The molecule has 20 heavy (non-hydrogen) atoms. The molecule has 2 unspecified atom stereocenters. The Balaban J connectivity index is 1.76. The first-order valence-electron chi connectivity index (χ1n) is 7.17. The number of aryl methyl sites for hydroxylation is 1. The average molecular weight is 292 g/mol. The highest BCUT2D eigenvalue weighted by atomic mass is 35.5. The molecule has 2 aromatic rings. The number of rotatable bonds is 7. The molecule has 0 bridgehead atoms. The fraction of sp³-hybridized carbons (Fsp3) is 0.412. The summed E-state index contributed by atoms with van der Waals surface area (Å²) in [6, 6.07) is 12.9. The van der Waals surface area contributed by atoms with Gasteiger partial charge in [-0.05, 0) is 50.5 Å². The third-order valence-corrected chi connectivity index (χ3v) is 3.83. The van der Waals surface area contributed by atoms with Gasteiger partial charge >= 0.3 is 0 Å². The molecule has 1 heterocycles. The van der Waals surface area contributed by atoms with E-state index in [2.05, 4.69) is 25.2 Å². The van der Waals surface area contributed by atoms with Gasteiger partial charge in [-0.2, -0.15) is 0 Å². The molecular weight excluding hydrogens is 270 g/mol. The molecule has 0 amide bonds. The quantitative estimate of drug-likeness (QED) is 0.814. The highest BCUT2D eigenvalue weighted by Crippen LogP contribution is 2.17. The van der Waals surface area contributed by atoms with Crippen molar-refractivity contribution >= 4 is 11.6 Å². The Bertz CT molecular complexity index is 509. The van der Waals surface area contributed by atoms with Crippen LogP contribution in [0, 0.1) is 0 Å². The van der Waals surface area contributed by atoms with Crippen LogP contribution in [0.3, 0.4) is 0 Å². The standard InChI is InChI=1S/C17H22ClNO/c1-13(9-10-16-7-5-11-20-16)19-14(2)12-15-6-3-4-8-17(15)18/h3-8,11,13-14,19H,9-10,12H2,1-2H3. The van der Waals surface area contributed by atoms with Crippen LogP contribution in [-0.2, 0) is 12.8 Å². The Morgan fingerprint density at radius 2 is 1.90 bits per heavy atom. The molecular formula is C17H22ClNO. The van der Waals surface area contributed by atoms with Gasteiger partial charge in [0.05, 0.1) is 6.26 Å². The monoisotopic (exact) mass is 291 g/mol. The highest BCUT2D eigenvalue weighted by Gasteiger charge is 2.10. The fourth-order valence-electron chi connectivity index (χ4n) is 2.44. The van der Waals surface area contributed by atoms with Crippen LogP contribution >= 0.6 is 11.6 Å². The molecule has 1 aromatic heterocycles. The van der Waals surface area contributed by atoms with E-state index >= 15 is 0 Å². The summed E-state index contributed by atoms with van der Waals surface area (Å²) in [6.07, 6.45) is 4.72. The smallest absolute Gasteiger partial charge is 0.103 e. The van der Waals surface area contributed by atoms with Gasteiger partial charge in [-0.15, -0.1) is 0 Å². The Kier molecular flexibility index (Phi) is 5.69. The van der Waals surface area contributed by atoms with Crippen LogP contribution in [0.25, 0.3) is 0 Å². The van der Waals surface area contributed by atoms with Crippen molar-refractivity contribution in [1.82, 2.24) is 5.32 Å². The van der Waals surface area contributed by atoms with E-state index in [0.717, 1.165) is 30.0 Å². The fourth-order valence-corrected chi connectivity index (χ4v) is 2.65. The van der Waals surface area contributed by atoms with Crippen LogP contribution in [0.1, 0.15) is 31.6 Å². The van der Waals surface area contributed by atoms with E-state index in [9.17, 15) is 0 Å². The summed E-state index contributed by atoms with van der Waals surface area (Å²) in [6.45, 7) is 4.42. The maximum atomic E-state index is 6.19. The molecule has 2 rings (SSSR count). The topological polar surface area (TPSA) is 25.2 Å². The second-order valence-electron chi connectivity index (χ2n) is 5.38. The van der Waals surface area contributed by atoms with Crippen molar-refractivity contribution in [3.05, 3.63) is 59.0 Å². The van der Waals surface area contributed by atoms with Crippen molar-refractivity contribution in [3.8, 4) is 0 Å². The van der Waals surface area contributed by atoms with Gasteiger partial charge in [0.15, 0.2) is 0 Å². The Hall–Kier alpha value is -1.25. The summed E-state index contributed by atoms with van der Waals surface area (Å²) in [5.41, 5.74) is 1.20. The Labute approximate surface area is 126 Å². The van der Waals surface area contributed by atoms with Gasteiger partial charge in [-0.25, -0.2) is 0 Å². The van der Waals surface area contributed by atoms with E-state index in [0.29, 0.717) is 12.1 Å². The predicted octanol–water partition coefficient (Wildman–Crippen LogP) is 4.47. The van der Waals surface area contributed by atoms with Crippen molar-refractivity contribution in [2.75, 3.05) is 0 Å². The van der Waals surface area contributed by atoms with E-state index in [1.165, 1.54) is 5.56 Å². The lowest BCUT2D eigenvalue weighted by molar-refractivity contribution is 0.423. The number of nitrogens with one attached hydrogen (secondary N) is 1. The lowest BCUT2D eigenvalue weighted by atomic mass is 10.1. The summed E-state index contributed by atoms with van der Waals surface area (Å²) in [5, 5.41) is 4.47. The maximum Gasteiger partial charge on any atom is 0.103 e. The normalized spacial score (nSPS) is 14.2. The molecule has 0 radical (unpaired) electrons. The lowest BCUT2D eigenvalue weighted by Gasteiger charge is -2.20. The van der Waals surface area contributed by atoms with Gasteiger partial charge in [0.1, 0.15) is 5.76 Å². The van der Waals surface area contributed by atoms with Crippen LogP contribution in [0.5, 0.6) is 0 Å². The molecule has 0 aliphatic rings. The maximum absolute atomic E-state index is 6.19. The predicted molar refractivity (Wildman–Crippen MR) is 84.2 cm³/mol. The molecule has 108 valence electrons. The average Bonchev–Trinajstić information content (AvgIpc) is 2.92. The zero-order chi connectivity index (χ0) is 14.4. The largest absolute Gasteiger partial charge is 0.469 e. The number of hydrogen-bond acceptors (Lipinski definition) is 2. The summed E-state index contributed by atoms with van der Waals surface area (Å²) in [7, 11) is 0. The number of furan rings is 1. The molecule has 2 nitrogen and oxygen atoms in total. The van der Waals surface area contributed by atoms with Crippen LogP contribution in [0.2, 0.25) is 5.02 Å². The van der Waals surface area contributed by atoms with Gasteiger partial charge in [-0.3, -0.25) is 0 Å². The first-order chi connectivity index (χ1) is 9.65. The molecule has 0 aliphatic heterocycles. The van der Waals surface area contributed by atoms with Gasteiger partial charge < -0.3 is 9.73 Å². The molecule has 0 saturated carbocycles. The minimum atomic E-state index is 0.404. The molecule has 0 aliphatic carbocycles. The SMILES string of the molecule is CC(CCc1ccco1)NC(C)Cc1ccccc1Cl. The summed E-state index contributed by atoms with van der Waals surface area (Å²) in [4.78, 5) is 0. The van der Waals surface area contributed by atoms with Gasteiger partial charge in [0.25, 0.3) is 0 Å². The zero-order valence-electron chi connectivity index (χ0n) is 12.1. The van der Waals surface area contributed by atoms with Crippen LogP contribution in [0.4, 0.5) is 0 Å². The molecule has 0 fully saturated rings. The lowest BCUT2D eigenvalue weighted by Crippen LogP contribution is -2.36. The highest BCUT2D eigenvalue weighted by molar-refractivity contribution is 6.31. The zero-order valence-corrected chi connectivity index (χ0v) is 12.9. The van der Waals surface area contributed by atoms with Crippen LogP contribution < -0.4 is 5.32 Å². The van der Waals surface area contributed by atoms with Crippen molar-refractivity contribution in [2.45, 2.75) is 45.2 Å².